The lowest BCUT2D eigenvalue weighted by atomic mass is 10.0. The molecule has 1 aromatic rings. The largest absolute Gasteiger partial charge is 0.387 e. The molecule has 3 nitrogen and oxygen atoms in total. The van der Waals surface area contributed by atoms with Gasteiger partial charge in [-0.2, -0.15) is 0 Å². The Labute approximate surface area is 128 Å². The Balaban J connectivity index is 0.000000315. The molecule has 4 heteroatoms. The van der Waals surface area contributed by atoms with Gasteiger partial charge in [0, 0.05) is 18.1 Å². The lowest BCUT2D eigenvalue weighted by Gasteiger charge is -2.17. The molecule has 0 radical (unpaired) electrons. The number of hydrogen-bond donors (Lipinski definition) is 2. The fourth-order valence-corrected chi connectivity index (χ4v) is 2.85. The molecule has 0 aromatic carbocycles. The second-order valence-corrected chi connectivity index (χ2v) is 5.72. The van der Waals surface area contributed by atoms with E-state index in [1.165, 1.54) is 56.9 Å². The standard InChI is InChI=1S/C8H13NS.C6H13N.C2H4O/c1-3-4-7-5-10-6-8(7)9-2;1-6-2-4-7-5-3-6;1-2-3/h5-6,9H,3-4H2,1-2H3;6-7H,2-5H2,1H3;2H,1H3. The summed E-state index contributed by atoms with van der Waals surface area (Å²) in [5.74, 6) is 0.973. The Hall–Kier alpha value is -0.870. The van der Waals surface area contributed by atoms with Gasteiger partial charge in [0.15, 0.2) is 0 Å². The van der Waals surface area contributed by atoms with Crippen molar-refractivity contribution in [3.05, 3.63) is 16.3 Å². The topological polar surface area (TPSA) is 41.1 Å². The SMILES string of the molecule is CC1CCNCC1.CC=O.CCCc1cscc1NC. The molecule has 0 aliphatic carbocycles. The Morgan fingerprint density at radius 3 is 2.40 bits per heavy atom. The van der Waals surface area contributed by atoms with Crippen LogP contribution in [0.4, 0.5) is 5.69 Å². The summed E-state index contributed by atoms with van der Waals surface area (Å²) in [6.45, 7) is 8.44. The molecule has 2 N–H and O–H groups in total. The molecule has 0 saturated carbocycles. The highest BCUT2D eigenvalue weighted by atomic mass is 32.1. The summed E-state index contributed by atoms with van der Waals surface area (Å²) in [5, 5.41) is 10.9. The van der Waals surface area contributed by atoms with Crippen molar-refractivity contribution in [3.8, 4) is 0 Å². The lowest BCUT2D eigenvalue weighted by Crippen LogP contribution is -2.26. The molecule has 1 aliphatic heterocycles. The van der Waals surface area contributed by atoms with Crippen molar-refractivity contribution >= 4 is 23.3 Å². The molecule has 0 unspecified atom stereocenters. The number of carbonyl (C=O) groups excluding carboxylic acids is 1. The van der Waals surface area contributed by atoms with Gasteiger partial charge in [-0.15, -0.1) is 11.3 Å². The van der Waals surface area contributed by atoms with Crippen LogP contribution in [0.2, 0.25) is 0 Å². The van der Waals surface area contributed by atoms with Gasteiger partial charge in [0.05, 0.1) is 0 Å². The number of aldehydes is 1. The molecule has 1 aliphatic rings. The Morgan fingerprint density at radius 1 is 1.40 bits per heavy atom. The number of aryl methyl sites for hydroxylation is 1. The summed E-state index contributed by atoms with van der Waals surface area (Å²) in [5.41, 5.74) is 2.75. The average Bonchev–Trinajstić information content (AvgIpc) is 2.89. The summed E-state index contributed by atoms with van der Waals surface area (Å²) >= 11 is 1.77. The van der Waals surface area contributed by atoms with Crippen LogP contribution in [-0.2, 0) is 11.2 Å². The van der Waals surface area contributed by atoms with Crippen molar-refractivity contribution in [2.24, 2.45) is 5.92 Å². The minimum atomic E-state index is 0.750. The predicted molar refractivity (Wildman–Crippen MR) is 90.9 cm³/mol. The monoisotopic (exact) mass is 298 g/mol. The minimum Gasteiger partial charge on any atom is -0.387 e. The first-order valence-corrected chi connectivity index (χ1v) is 8.47. The lowest BCUT2D eigenvalue weighted by molar-refractivity contribution is -0.106. The molecule has 116 valence electrons. The zero-order chi connectivity index (χ0) is 15.2. The summed E-state index contributed by atoms with van der Waals surface area (Å²) in [7, 11) is 1.97. The van der Waals surface area contributed by atoms with Crippen LogP contribution in [0.15, 0.2) is 10.8 Å². The zero-order valence-electron chi connectivity index (χ0n) is 13.4. The van der Waals surface area contributed by atoms with Crippen LogP contribution in [0.5, 0.6) is 0 Å². The first-order chi connectivity index (χ1) is 9.69. The van der Waals surface area contributed by atoms with E-state index in [4.69, 9.17) is 4.79 Å². The van der Waals surface area contributed by atoms with E-state index in [0.29, 0.717) is 0 Å². The van der Waals surface area contributed by atoms with Crippen LogP contribution in [0.3, 0.4) is 0 Å². The molecule has 1 saturated heterocycles. The fourth-order valence-electron chi connectivity index (χ4n) is 1.97. The van der Waals surface area contributed by atoms with Crippen LogP contribution in [0.25, 0.3) is 0 Å². The highest BCUT2D eigenvalue weighted by Gasteiger charge is 2.05. The Kier molecular flexibility index (Phi) is 12.6. The Bertz CT molecular complexity index is 333. The van der Waals surface area contributed by atoms with Gasteiger partial charge >= 0.3 is 0 Å². The zero-order valence-corrected chi connectivity index (χ0v) is 14.2. The maximum atomic E-state index is 8.81. The van der Waals surface area contributed by atoms with Crippen molar-refractivity contribution in [1.82, 2.24) is 5.32 Å². The van der Waals surface area contributed by atoms with Gasteiger partial charge in [-0.3, -0.25) is 0 Å². The summed E-state index contributed by atoms with van der Waals surface area (Å²) in [4.78, 5) is 8.81. The second-order valence-electron chi connectivity index (χ2n) is 4.98. The third-order valence-electron chi connectivity index (χ3n) is 3.16. The molecule has 1 fully saturated rings. The van der Waals surface area contributed by atoms with E-state index in [1.54, 1.807) is 11.3 Å². The van der Waals surface area contributed by atoms with E-state index in [-0.39, 0.29) is 0 Å². The number of rotatable bonds is 3. The quantitative estimate of drug-likeness (QED) is 0.830. The molecule has 0 bridgehead atoms. The van der Waals surface area contributed by atoms with E-state index < -0.39 is 0 Å². The van der Waals surface area contributed by atoms with Crippen LogP contribution in [-0.4, -0.2) is 26.4 Å². The maximum absolute atomic E-state index is 8.81. The molecule has 0 amide bonds. The van der Waals surface area contributed by atoms with Crippen LogP contribution in [0, 0.1) is 5.92 Å². The van der Waals surface area contributed by atoms with Crippen molar-refractivity contribution in [1.29, 1.82) is 0 Å². The first kappa shape index (κ1) is 19.1. The van der Waals surface area contributed by atoms with Crippen LogP contribution < -0.4 is 10.6 Å². The summed E-state index contributed by atoms with van der Waals surface area (Å²) in [6, 6.07) is 0. The van der Waals surface area contributed by atoms with Gasteiger partial charge in [0.2, 0.25) is 0 Å². The van der Waals surface area contributed by atoms with Crippen molar-refractivity contribution in [2.45, 2.75) is 46.5 Å². The van der Waals surface area contributed by atoms with E-state index in [9.17, 15) is 0 Å². The number of nitrogens with one attached hydrogen (secondary N) is 2. The van der Waals surface area contributed by atoms with Gasteiger partial charge in [-0.25, -0.2) is 0 Å². The van der Waals surface area contributed by atoms with Gasteiger partial charge in [-0.05, 0) is 56.1 Å². The minimum absolute atomic E-state index is 0.750. The van der Waals surface area contributed by atoms with Crippen LogP contribution >= 0.6 is 11.3 Å². The number of thiophene rings is 1. The molecule has 2 heterocycles. The number of hydrogen-bond acceptors (Lipinski definition) is 4. The molecule has 2 rings (SSSR count). The third-order valence-corrected chi connectivity index (χ3v) is 3.95. The van der Waals surface area contributed by atoms with Crippen molar-refractivity contribution in [2.75, 3.05) is 25.5 Å². The van der Waals surface area contributed by atoms with Crippen molar-refractivity contribution < 1.29 is 4.79 Å². The number of anilines is 1. The Morgan fingerprint density at radius 2 is 2.00 bits per heavy atom. The van der Waals surface area contributed by atoms with E-state index in [0.717, 1.165) is 12.2 Å². The first-order valence-electron chi connectivity index (χ1n) is 7.52. The maximum Gasteiger partial charge on any atom is 0.116 e. The fraction of sp³-hybridized carbons (Fsp3) is 0.688. The van der Waals surface area contributed by atoms with Crippen molar-refractivity contribution in [3.63, 3.8) is 0 Å². The molecule has 0 spiro atoms. The molecular weight excluding hydrogens is 268 g/mol. The van der Waals surface area contributed by atoms with Crippen LogP contribution in [0.1, 0.15) is 45.6 Å². The number of piperidine rings is 1. The van der Waals surface area contributed by atoms with Gasteiger partial charge in [0.25, 0.3) is 0 Å². The second kappa shape index (κ2) is 13.1. The van der Waals surface area contributed by atoms with Gasteiger partial charge in [0.1, 0.15) is 6.29 Å². The van der Waals surface area contributed by atoms with E-state index in [1.807, 2.05) is 7.05 Å². The highest BCUT2D eigenvalue weighted by molar-refractivity contribution is 7.08. The molecular formula is C16H30N2OS. The van der Waals surface area contributed by atoms with E-state index in [2.05, 4.69) is 35.2 Å². The van der Waals surface area contributed by atoms with E-state index >= 15 is 0 Å². The third kappa shape index (κ3) is 9.10. The van der Waals surface area contributed by atoms with Gasteiger partial charge in [-0.1, -0.05) is 20.3 Å². The normalized spacial score (nSPS) is 14.4. The summed E-state index contributed by atoms with van der Waals surface area (Å²) in [6.07, 6.45) is 5.92. The van der Waals surface area contributed by atoms with Gasteiger partial charge < -0.3 is 15.4 Å². The predicted octanol–water partition coefficient (Wildman–Crippen LogP) is 3.95. The highest BCUT2D eigenvalue weighted by Crippen LogP contribution is 2.21. The smallest absolute Gasteiger partial charge is 0.116 e. The molecule has 0 atom stereocenters. The molecule has 20 heavy (non-hydrogen) atoms. The summed E-state index contributed by atoms with van der Waals surface area (Å²) < 4.78 is 0. The molecule has 1 aromatic heterocycles. The number of carbonyl (C=O) groups is 1. The average molecular weight is 298 g/mol.